The van der Waals surface area contributed by atoms with Gasteiger partial charge in [0.25, 0.3) is 5.91 Å². The highest BCUT2D eigenvalue weighted by Crippen LogP contribution is 2.40. The maximum atomic E-state index is 13.2. The van der Waals surface area contributed by atoms with Gasteiger partial charge in [-0.05, 0) is 38.1 Å². The number of hydrogen-bond donors (Lipinski definition) is 0. The first-order valence-electron chi connectivity index (χ1n) is 9.43. The van der Waals surface area contributed by atoms with E-state index in [2.05, 4.69) is 4.74 Å². The van der Waals surface area contributed by atoms with E-state index in [1.807, 2.05) is 47.9 Å². The maximum Gasteiger partial charge on any atom is 0.328 e. The topological polar surface area (TPSA) is 95.0 Å². The van der Waals surface area contributed by atoms with Crippen molar-refractivity contribution in [3.8, 4) is 5.75 Å². The van der Waals surface area contributed by atoms with Gasteiger partial charge in [0.05, 0.1) is 14.2 Å². The summed E-state index contributed by atoms with van der Waals surface area (Å²) in [6.07, 6.45) is -0.683. The predicted molar refractivity (Wildman–Crippen MR) is 108 cm³/mol. The Balaban J connectivity index is 1.72. The van der Waals surface area contributed by atoms with Gasteiger partial charge < -0.3 is 14.4 Å². The number of carbonyl (C=O) groups excluding carboxylic acids is 3. The third-order valence-corrected chi connectivity index (χ3v) is 5.74. The molecule has 10 heteroatoms. The fourth-order valence-corrected chi connectivity index (χ4v) is 3.99. The van der Waals surface area contributed by atoms with Crippen LogP contribution in [-0.4, -0.2) is 78.6 Å². The van der Waals surface area contributed by atoms with Gasteiger partial charge in [-0.1, -0.05) is 0 Å². The molecule has 3 aliphatic heterocycles. The number of aliphatic imine (C=N–C) groups is 1. The SMILES string of the molecule is COC(=O)CN1C(=O)C2C(N=C3N(c4ccc(OC)cc4)C(C)=C(C)N32)N(C)C1=O. The molecular weight excluding hydrogens is 390 g/mol. The predicted octanol–water partition coefficient (Wildman–Crippen LogP) is 1.20. The summed E-state index contributed by atoms with van der Waals surface area (Å²) < 4.78 is 9.87. The van der Waals surface area contributed by atoms with E-state index < -0.39 is 36.7 Å². The van der Waals surface area contributed by atoms with Crippen LogP contribution >= 0.6 is 0 Å². The van der Waals surface area contributed by atoms with Crippen LogP contribution in [0.2, 0.25) is 0 Å². The van der Waals surface area contributed by atoms with E-state index in [9.17, 15) is 14.4 Å². The number of ether oxygens (including phenoxy) is 2. The second kappa shape index (κ2) is 7.05. The lowest BCUT2D eigenvalue weighted by Crippen LogP contribution is -2.65. The van der Waals surface area contributed by atoms with Crippen LogP contribution in [-0.2, 0) is 14.3 Å². The van der Waals surface area contributed by atoms with Gasteiger partial charge in [-0.3, -0.25) is 24.3 Å². The van der Waals surface area contributed by atoms with Crippen molar-refractivity contribution in [1.29, 1.82) is 0 Å². The van der Waals surface area contributed by atoms with E-state index in [1.165, 1.54) is 12.0 Å². The first-order chi connectivity index (χ1) is 14.3. The fourth-order valence-electron chi connectivity index (χ4n) is 3.99. The molecule has 4 rings (SSSR count). The second-order valence-electron chi connectivity index (χ2n) is 7.26. The molecule has 0 saturated carbocycles. The Bertz CT molecular complexity index is 986. The Morgan fingerprint density at radius 2 is 1.77 bits per heavy atom. The molecule has 3 heterocycles. The quantitative estimate of drug-likeness (QED) is 0.685. The number of carbonyl (C=O) groups is 3. The number of allylic oxidation sites excluding steroid dienone is 2. The average Bonchev–Trinajstić information content (AvgIpc) is 3.25. The molecule has 2 unspecified atom stereocenters. The zero-order chi connectivity index (χ0) is 21.7. The average molecular weight is 413 g/mol. The van der Waals surface area contributed by atoms with E-state index in [1.54, 1.807) is 14.2 Å². The van der Waals surface area contributed by atoms with Crippen LogP contribution in [0.3, 0.4) is 0 Å². The molecular formula is C20H23N5O5. The minimum absolute atomic E-state index is 0.436. The third kappa shape index (κ3) is 2.71. The number of methoxy groups -OCH3 is 2. The zero-order valence-electron chi connectivity index (χ0n) is 17.4. The molecule has 30 heavy (non-hydrogen) atoms. The van der Waals surface area contributed by atoms with Crippen LogP contribution in [0.15, 0.2) is 40.7 Å². The standard InChI is InChI=1S/C20H23N5O5/c1-11-12(2)25-16-17(22(3)20(28)23(18(16)27)10-15(26)30-5)21-19(25)24(11)13-6-8-14(29-4)9-7-13/h6-9,16-17H,10H2,1-5H3. The summed E-state index contributed by atoms with van der Waals surface area (Å²) in [4.78, 5) is 48.5. The number of anilines is 1. The minimum Gasteiger partial charge on any atom is -0.497 e. The molecule has 3 amide bonds. The number of imide groups is 1. The first kappa shape index (κ1) is 19.7. The van der Waals surface area contributed by atoms with Gasteiger partial charge in [-0.15, -0.1) is 0 Å². The van der Waals surface area contributed by atoms with E-state index >= 15 is 0 Å². The largest absolute Gasteiger partial charge is 0.497 e. The number of amides is 3. The van der Waals surface area contributed by atoms with Gasteiger partial charge in [0.15, 0.2) is 12.2 Å². The molecule has 1 saturated heterocycles. The molecule has 1 aromatic carbocycles. The lowest BCUT2D eigenvalue weighted by Gasteiger charge is -2.40. The summed E-state index contributed by atoms with van der Waals surface area (Å²) >= 11 is 0. The second-order valence-corrected chi connectivity index (χ2v) is 7.26. The molecule has 0 radical (unpaired) electrons. The van der Waals surface area contributed by atoms with Crippen LogP contribution in [0.1, 0.15) is 13.8 Å². The van der Waals surface area contributed by atoms with Gasteiger partial charge in [-0.2, -0.15) is 0 Å². The molecule has 2 atom stereocenters. The Kier molecular flexibility index (Phi) is 4.64. The summed E-state index contributed by atoms with van der Waals surface area (Å²) in [6.45, 7) is 3.42. The Morgan fingerprint density at radius 3 is 2.37 bits per heavy atom. The smallest absolute Gasteiger partial charge is 0.328 e. The summed E-state index contributed by atoms with van der Waals surface area (Å²) in [5, 5.41) is 0. The summed E-state index contributed by atoms with van der Waals surface area (Å²) in [6, 6.07) is 6.19. The summed E-state index contributed by atoms with van der Waals surface area (Å²) in [7, 11) is 4.40. The van der Waals surface area contributed by atoms with Crippen LogP contribution in [0.25, 0.3) is 0 Å². The van der Waals surface area contributed by atoms with Crippen molar-refractivity contribution in [3.63, 3.8) is 0 Å². The number of fused-ring (bicyclic) bond motifs is 3. The minimum atomic E-state index is -0.745. The number of esters is 1. The number of rotatable bonds is 4. The van der Waals surface area contributed by atoms with Crippen molar-refractivity contribution in [2.24, 2.45) is 4.99 Å². The maximum absolute atomic E-state index is 13.2. The van der Waals surface area contributed by atoms with Crippen molar-refractivity contribution in [1.82, 2.24) is 14.7 Å². The van der Waals surface area contributed by atoms with Crippen LogP contribution in [0.5, 0.6) is 5.75 Å². The first-order valence-corrected chi connectivity index (χ1v) is 9.43. The van der Waals surface area contributed by atoms with E-state index in [0.29, 0.717) is 5.96 Å². The summed E-state index contributed by atoms with van der Waals surface area (Å²) in [5.41, 5.74) is 2.64. The molecule has 1 fully saturated rings. The highest BCUT2D eigenvalue weighted by atomic mass is 16.5. The van der Waals surface area contributed by atoms with Crippen molar-refractivity contribution >= 4 is 29.6 Å². The molecule has 0 spiro atoms. The Morgan fingerprint density at radius 1 is 1.10 bits per heavy atom. The van der Waals surface area contributed by atoms with Gasteiger partial charge in [0.1, 0.15) is 12.3 Å². The van der Waals surface area contributed by atoms with Gasteiger partial charge in [0.2, 0.25) is 5.96 Å². The highest BCUT2D eigenvalue weighted by molar-refractivity contribution is 6.11. The van der Waals surface area contributed by atoms with Crippen molar-refractivity contribution in [2.45, 2.75) is 26.1 Å². The van der Waals surface area contributed by atoms with Crippen LogP contribution < -0.4 is 9.64 Å². The van der Waals surface area contributed by atoms with E-state index in [4.69, 9.17) is 9.73 Å². The monoisotopic (exact) mass is 413 g/mol. The van der Waals surface area contributed by atoms with Crippen molar-refractivity contribution in [2.75, 3.05) is 32.7 Å². The lowest BCUT2D eigenvalue weighted by atomic mass is 10.1. The Labute approximate surface area is 173 Å². The van der Waals surface area contributed by atoms with Crippen molar-refractivity contribution in [3.05, 3.63) is 35.7 Å². The number of guanidine groups is 1. The molecule has 0 bridgehead atoms. The highest BCUT2D eigenvalue weighted by Gasteiger charge is 2.56. The van der Waals surface area contributed by atoms with E-state index in [-0.39, 0.29) is 0 Å². The molecule has 10 nitrogen and oxygen atoms in total. The number of likely N-dealkylation sites (N-methyl/N-ethyl adjacent to an activating group) is 1. The van der Waals surface area contributed by atoms with Gasteiger partial charge in [-0.25, -0.2) is 9.79 Å². The number of nitrogens with zero attached hydrogens (tertiary/aromatic N) is 5. The number of hydrogen-bond acceptors (Lipinski definition) is 8. The molecule has 0 N–H and O–H groups in total. The van der Waals surface area contributed by atoms with Gasteiger partial charge in [0, 0.05) is 24.1 Å². The lowest BCUT2D eigenvalue weighted by molar-refractivity contribution is -0.148. The molecule has 0 aliphatic carbocycles. The number of urea groups is 1. The Hall–Kier alpha value is -3.56. The summed E-state index contributed by atoms with van der Waals surface area (Å²) in [5.74, 6) is 0.163. The third-order valence-electron chi connectivity index (χ3n) is 5.74. The molecule has 0 aromatic heterocycles. The zero-order valence-corrected chi connectivity index (χ0v) is 17.4. The van der Waals surface area contributed by atoms with E-state index in [0.717, 1.165) is 27.7 Å². The molecule has 3 aliphatic rings. The molecule has 158 valence electrons. The molecule has 1 aromatic rings. The van der Waals surface area contributed by atoms with Crippen molar-refractivity contribution < 1.29 is 23.9 Å². The fraction of sp³-hybridized carbons (Fsp3) is 0.400. The number of benzene rings is 1. The normalized spacial score (nSPS) is 23.0. The van der Waals surface area contributed by atoms with Crippen LogP contribution in [0.4, 0.5) is 10.5 Å². The van der Waals surface area contributed by atoms with Gasteiger partial charge >= 0.3 is 12.0 Å². The van der Waals surface area contributed by atoms with Crippen LogP contribution in [0, 0.1) is 0 Å².